The first-order chi connectivity index (χ1) is 45.5. The van der Waals surface area contributed by atoms with Crippen LogP contribution in [0, 0.1) is 29.6 Å². The zero-order chi connectivity index (χ0) is 73.0. The highest BCUT2D eigenvalue weighted by Gasteiger charge is 2.39. The summed E-state index contributed by atoms with van der Waals surface area (Å²) in [7, 11) is 0. The maximum atomic E-state index is 14.7. The lowest BCUT2D eigenvalue weighted by molar-refractivity contribution is -0.143. The van der Waals surface area contributed by atoms with Crippen LogP contribution in [0.1, 0.15) is 119 Å². The van der Waals surface area contributed by atoms with E-state index >= 15 is 0 Å². The third-order valence-electron chi connectivity index (χ3n) is 15.4. The van der Waals surface area contributed by atoms with Crippen LogP contribution in [0.15, 0.2) is 48.0 Å². The summed E-state index contributed by atoms with van der Waals surface area (Å²) in [5.74, 6) is -18.0. The molecule has 3 aromatic rings. The molecule has 11 atom stereocenters. The molecule has 35 nitrogen and oxygen atoms in total. The summed E-state index contributed by atoms with van der Waals surface area (Å²) in [6.07, 6.45) is 2.16. The minimum Gasteiger partial charge on any atom is -0.481 e. The number of para-hydroxylation sites is 1. The van der Waals surface area contributed by atoms with Gasteiger partial charge in [-0.1, -0.05) is 93.9 Å². The molecule has 0 aliphatic rings. The van der Waals surface area contributed by atoms with Crippen LogP contribution in [-0.4, -0.2) is 199 Å². The van der Waals surface area contributed by atoms with Gasteiger partial charge in [0.25, 0.3) is 0 Å². The Morgan fingerprint density at radius 1 is 0.536 bits per heavy atom. The van der Waals surface area contributed by atoms with Crippen molar-refractivity contribution in [1.82, 2.24) is 73.4 Å². The molecule has 0 radical (unpaired) electrons. The molecule has 22 N–H and O–H groups in total. The van der Waals surface area contributed by atoms with Gasteiger partial charge in [-0.3, -0.25) is 67.3 Å². The quantitative estimate of drug-likeness (QED) is 0.0150. The number of aliphatic carboxylic acids is 3. The zero-order valence-electron chi connectivity index (χ0n) is 56.2. The van der Waals surface area contributed by atoms with Crippen LogP contribution in [-0.2, 0) is 80.0 Å². The summed E-state index contributed by atoms with van der Waals surface area (Å²) >= 11 is 0. The molecule has 0 unspecified atom stereocenters. The van der Waals surface area contributed by atoms with Crippen molar-refractivity contribution >= 4 is 99.7 Å². The number of aliphatic imine (C=N–C) groups is 1. The number of carboxylic acids is 3. The van der Waals surface area contributed by atoms with Gasteiger partial charge in [0.15, 0.2) is 5.96 Å². The number of imidazole rings is 1. The Kier molecular flexibility index (Phi) is 33.1. The number of guanidine groups is 1. The van der Waals surface area contributed by atoms with E-state index in [1.165, 1.54) is 40.2 Å². The number of nitrogens with zero attached hydrogens (tertiary/aromatic N) is 2. The second-order valence-electron chi connectivity index (χ2n) is 25.0. The summed E-state index contributed by atoms with van der Waals surface area (Å²) in [5, 5.41) is 57.0. The number of aromatic nitrogens is 3. The lowest BCUT2D eigenvalue weighted by Gasteiger charge is -2.30. The van der Waals surface area contributed by atoms with E-state index in [0.29, 0.717) is 28.6 Å². The van der Waals surface area contributed by atoms with Gasteiger partial charge in [-0.15, -0.1) is 0 Å². The van der Waals surface area contributed by atoms with E-state index < -0.39 is 193 Å². The Balaban J connectivity index is 1.94. The molecule has 35 heteroatoms. The largest absolute Gasteiger partial charge is 0.481 e. The molecular weight excluding hydrogens is 1270 g/mol. The number of benzene rings is 1. The van der Waals surface area contributed by atoms with E-state index in [1.54, 1.807) is 58.2 Å². The van der Waals surface area contributed by atoms with Crippen molar-refractivity contribution in [2.45, 2.75) is 181 Å². The minimum absolute atomic E-state index is 0.0349. The molecule has 0 aliphatic heterocycles. The Labute approximate surface area is 560 Å². The highest BCUT2D eigenvalue weighted by molar-refractivity contribution is 6.00. The fourth-order valence-corrected chi connectivity index (χ4v) is 9.87. The van der Waals surface area contributed by atoms with Crippen LogP contribution < -0.4 is 75.7 Å². The third-order valence-corrected chi connectivity index (χ3v) is 15.4. The average Bonchev–Trinajstić information content (AvgIpc) is 1.82. The van der Waals surface area contributed by atoms with Gasteiger partial charge in [0.1, 0.15) is 54.4 Å². The van der Waals surface area contributed by atoms with Crippen molar-refractivity contribution in [2.75, 3.05) is 19.6 Å². The maximum absolute atomic E-state index is 14.7. The maximum Gasteiger partial charge on any atom is 0.326 e. The number of hydrogen-bond acceptors (Lipinski definition) is 17. The summed E-state index contributed by atoms with van der Waals surface area (Å²) in [4.78, 5) is 202. The number of hydrogen-bond donors (Lipinski definition) is 19. The van der Waals surface area contributed by atoms with E-state index in [9.17, 15) is 82.4 Å². The van der Waals surface area contributed by atoms with Crippen molar-refractivity contribution in [2.24, 2.45) is 51.8 Å². The summed E-state index contributed by atoms with van der Waals surface area (Å²) in [6, 6.07) is -8.13. The standard InChI is InChI=1S/C62H96N18O17/c1-11-33(10)51(80-57(92)43(23-47(85)86)76-59(94)48(30(4)5)78-54(89)39(17-14-18-67-62(64)65)72-44(81)26-69-52(87)37(63)19-29(2)3)60(95)75-41(21-35-25-66-28-71-35)56(91)79-49(31(6)7)58(93)74-40(20-34-24-68-38-16-13-12-15-36(34)38)55(90)73-42(22-46(83)84)53(88)70-27-45(82)77-50(32(8)9)61(96)97/h12-13,15-16,24-25,28-33,37,39-43,48-51,68H,11,14,17-23,26-27,63H2,1-10H3,(H,66,71)(H,69,87)(H,70,88)(H,72,81)(H,73,90)(H,74,93)(H,75,95)(H,76,94)(H,77,82)(H,78,89)(H,79,91)(H,80,92)(H,83,84)(H,85,86)(H,96,97)(H4,64,65,67)/t33-,37-,39-,40-,41-,42-,43-,48-,49-,50-,51-/m0/s1. The van der Waals surface area contributed by atoms with Gasteiger partial charge in [0, 0.05) is 48.4 Å². The number of carbonyl (C=O) groups is 14. The zero-order valence-corrected chi connectivity index (χ0v) is 56.2. The molecule has 2 heterocycles. The topological polar surface area (TPSA) is 567 Å². The van der Waals surface area contributed by atoms with E-state index in [0.717, 1.165) is 0 Å². The van der Waals surface area contributed by atoms with Crippen molar-refractivity contribution in [3.63, 3.8) is 0 Å². The number of nitrogens with two attached hydrogens (primary N) is 3. The second-order valence-corrected chi connectivity index (χ2v) is 25.0. The van der Waals surface area contributed by atoms with Gasteiger partial charge in [0.2, 0.25) is 65.0 Å². The van der Waals surface area contributed by atoms with E-state index in [2.05, 4.69) is 78.4 Å². The van der Waals surface area contributed by atoms with E-state index in [1.807, 2.05) is 13.8 Å². The number of aromatic amines is 2. The molecular formula is C62H96N18O17. The average molecular weight is 1370 g/mol. The normalized spacial score (nSPS) is 14.7. The third kappa shape index (κ3) is 27.6. The first-order valence-corrected chi connectivity index (χ1v) is 31.8. The van der Waals surface area contributed by atoms with Gasteiger partial charge < -0.3 is 101 Å². The number of carbonyl (C=O) groups excluding carboxylic acids is 11. The van der Waals surface area contributed by atoms with Crippen LogP contribution >= 0.6 is 0 Å². The molecule has 0 saturated heterocycles. The number of fused-ring (bicyclic) bond motifs is 1. The van der Waals surface area contributed by atoms with Gasteiger partial charge in [-0.05, 0) is 60.5 Å². The fraction of sp³-hybridized carbons (Fsp3) is 0.581. The number of H-pyrrole nitrogens is 2. The van der Waals surface area contributed by atoms with Crippen molar-refractivity contribution in [3.05, 3.63) is 54.2 Å². The summed E-state index contributed by atoms with van der Waals surface area (Å²) in [5.41, 5.74) is 18.3. The smallest absolute Gasteiger partial charge is 0.326 e. The lowest BCUT2D eigenvalue weighted by Crippen LogP contribution is -2.62. The van der Waals surface area contributed by atoms with Crippen LogP contribution in [0.25, 0.3) is 10.9 Å². The predicted octanol–water partition coefficient (Wildman–Crippen LogP) is -3.25. The molecule has 97 heavy (non-hydrogen) atoms. The van der Waals surface area contributed by atoms with E-state index in [4.69, 9.17) is 17.2 Å². The van der Waals surface area contributed by atoms with Crippen LogP contribution in [0.5, 0.6) is 0 Å². The van der Waals surface area contributed by atoms with Gasteiger partial charge in [-0.2, -0.15) is 0 Å². The Morgan fingerprint density at radius 3 is 1.53 bits per heavy atom. The number of nitrogens with one attached hydrogen (secondary N) is 13. The van der Waals surface area contributed by atoms with Crippen LogP contribution in [0.3, 0.4) is 0 Å². The Hall–Kier alpha value is -10.2. The number of carboxylic acid groups (broad SMARTS) is 3. The molecule has 0 spiro atoms. The fourth-order valence-electron chi connectivity index (χ4n) is 9.87. The number of rotatable bonds is 42. The minimum atomic E-state index is -1.90. The molecule has 1 aromatic carbocycles. The molecule has 3 rings (SSSR count). The Morgan fingerprint density at radius 2 is 1.01 bits per heavy atom. The van der Waals surface area contributed by atoms with Crippen molar-refractivity contribution < 1.29 is 82.4 Å². The van der Waals surface area contributed by atoms with Crippen LogP contribution in [0.2, 0.25) is 0 Å². The van der Waals surface area contributed by atoms with Gasteiger partial charge in [0.05, 0.1) is 38.3 Å². The molecule has 0 fully saturated rings. The molecule has 2 aromatic heterocycles. The van der Waals surface area contributed by atoms with Crippen LogP contribution in [0.4, 0.5) is 0 Å². The van der Waals surface area contributed by atoms with Gasteiger partial charge >= 0.3 is 17.9 Å². The monoisotopic (exact) mass is 1360 g/mol. The molecule has 536 valence electrons. The molecule has 0 saturated carbocycles. The van der Waals surface area contributed by atoms with Crippen molar-refractivity contribution in [3.8, 4) is 0 Å². The molecule has 0 bridgehead atoms. The van der Waals surface area contributed by atoms with Crippen molar-refractivity contribution in [1.29, 1.82) is 0 Å². The van der Waals surface area contributed by atoms with Gasteiger partial charge in [-0.25, -0.2) is 9.78 Å². The second kappa shape index (κ2) is 39.6. The highest BCUT2D eigenvalue weighted by atomic mass is 16.4. The SMILES string of the molecule is CC[C@H](C)[C@H](NC(=O)[C@H](CC(=O)O)NC(=O)[C@@H](NC(=O)[C@H](CCCN=C(N)N)NC(=O)CNC(=O)[C@@H](N)CC(C)C)C(C)C)C(=O)N[C@@H](Cc1cnc[nH]1)C(=O)N[C@H](C(=O)N[C@@H](Cc1c[nH]c2ccccc12)C(=O)N[C@@H](CC(=O)O)C(=O)NCC(=O)N[C@H](C(=O)O)C(C)C)C(C)C. The lowest BCUT2D eigenvalue weighted by atomic mass is 9.96. The summed E-state index contributed by atoms with van der Waals surface area (Å²) < 4.78 is 0. The van der Waals surface area contributed by atoms with E-state index in [-0.39, 0.29) is 50.5 Å². The first-order valence-electron chi connectivity index (χ1n) is 31.8. The summed E-state index contributed by atoms with van der Waals surface area (Å²) in [6.45, 7) is 14.9. The molecule has 11 amide bonds. The highest BCUT2D eigenvalue weighted by Crippen LogP contribution is 2.20. The Bertz CT molecular complexity index is 3260. The number of amides is 11. The molecule has 0 aliphatic carbocycles. The first kappa shape index (κ1) is 81.0. The predicted molar refractivity (Wildman–Crippen MR) is 351 cm³/mol.